The van der Waals surface area contributed by atoms with Gasteiger partial charge in [0.15, 0.2) is 0 Å². The van der Waals surface area contributed by atoms with Crippen molar-refractivity contribution in [3.8, 4) is 22.4 Å². The van der Waals surface area contributed by atoms with Gasteiger partial charge in [-0.25, -0.2) is 4.98 Å². The molecule has 0 spiro atoms. The van der Waals surface area contributed by atoms with E-state index in [1.54, 1.807) is 16.7 Å². The molecule has 3 nitrogen and oxygen atoms in total. The molecule has 3 rings (SSSR count). The largest absolute Gasteiger partial charge is 0.416 e. The van der Waals surface area contributed by atoms with Crippen molar-refractivity contribution in [1.82, 2.24) is 10.3 Å². The summed E-state index contributed by atoms with van der Waals surface area (Å²) in [5.74, 6) is 4.88. The van der Waals surface area contributed by atoms with E-state index in [1.807, 2.05) is 16.8 Å². The maximum atomic E-state index is 12.6. The van der Waals surface area contributed by atoms with Crippen LogP contribution in [0.3, 0.4) is 0 Å². The maximum absolute atomic E-state index is 12.6. The molecule has 0 saturated heterocycles. The molecule has 0 unspecified atom stereocenters. The Morgan fingerprint density at radius 3 is 2.81 bits per heavy atom. The Morgan fingerprint density at radius 1 is 1.23 bits per heavy atom. The lowest BCUT2D eigenvalue weighted by molar-refractivity contribution is -0.137. The molecule has 132 valence electrons. The van der Waals surface area contributed by atoms with Crippen LogP contribution < -0.4 is 5.32 Å². The number of halogens is 3. The first-order chi connectivity index (χ1) is 12.4. The number of hydrogen-bond acceptors (Lipinski definition) is 4. The Kier molecular flexibility index (Phi) is 5.40. The van der Waals surface area contributed by atoms with Crippen molar-refractivity contribution in [1.29, 1.82) is 0 Å². The Hall–Kier alpha value is -2.63. The van der Waals surface area contributed by atoms with Crippen LogP contribution in [0.25, 0.3) is 10.6 Å². The van der Waals surface area contributed by atoms with Crippen molar-refractivity contribution in [2.45, 2.75) is 6.18 Å². The normalized spacial score (nSPS) is 10.9. The molecule has 2 aromatic heterocycles. The van der Waals surface area contributed by atoms with Crippen LogP contribution in [0, 0.1) is 11.8 Å². The zero-order valence-electron chi connectivity index (χ0n) is 13.1. The fourth-order valence-electron chi connectivity index (χ4n) is 2.03. The number of carbonyl (C=O) groups is 1. The Labute approximate surface area is 155 Å². The maximum Gasteiger partial charge on any atom is 0.416 e. The third-order valence-electron chi connectivity index (χ3n) is 3.26. The van der Waals surface area contributed by atoms with Crippen LogP contribution in [-0.4, -0.2) is 17.4 Å². The minimum Gasteiger partial charge on any atom is -0.340 e. The van der Waals surface area contributed by atoms with E-state index in [4.69, 9.17) is 0 Å². The van der Waals surface area contributed by atoms with E-state index < -0.39 is 11.7 Å². The molecule has 0 aliphatic carbocycles. The van der Waals surface area contributed by atoms with Gasteiger partial charge in [-0.1, -0.05) is 17.9 Å². The van der Waals surface area contributed by atoms with Gasteiger partial charge in [-0.2, -0.15) is 24.5 Å². The number of hydrogen-bond donors (Lipinski definition) is 1. The molecule has 0 bridgehead atoms. The molecule has 1 amide bonds. The monoisotopic (exact) mass is 392 g/mol. The number of aromatic nitrogens is 1. The molecule has 2 heterocycles. The molecular weight excluding hydrogens is 381 g/mol. The summed E-state index contributed by atoms with van der Waals surface area (Å²) in [5, 5.41) is 8.87. The van der Waals surface area contributed by atoms with Crippen LogP contribution >= 0.6 is 22.7 Å². The highest BCUT2D eigenvalue weighted by Gasteiger charge is 2.30. The first-order valence-electron chi connectivity index (χ1n) is 7.36. The van der Waals surface area contributed by atoms with Crippen molar-refractivity contribution in [3.05, 3.63) is 63.3 Å². The summed E-state index contributed by atoms with van der Waals surface area (Å²) in [5.41, 5.74) is 0.736. The topological polar surface area (TPSA) is 42.0 Å². The number of rotatable bonds is 3. The predicted molar refractivity (Wildman–Crippen MR) is 96.1 cm³/mol. The highest BCUT2D eigenvalue weighted by Crippen LogP contribution is 2.29. The van der Waals surface area contributed by atoms with Gasteiger partial charge in [-0.3, -0.25) is 4.79 Å². The molecule has 1 aromatic carbocycles. The van der Waals surface area contributed by atoms with Gasteiger partial charge < -0.3 is 5.32 Å². The fourth-order valence-corrected chi connectivity index (χ4v) is 3.54. The molecule has 0 saturated carbocycles. The molecule has 0 fully saturated rings. The lowest BCUT2D eigenvalue weighted by Gasteiger charge is -2.05. The second kappa shape index (κ2) is 7.72. The first-order valence-corrected chi connectivity index (χ1v) is 9.18. The number of nitrogens with one attached hydrogen (secondary N) is 1. The standard InChI is InChI=1S/C18H11F3N2OS2/c19-18(20,21)14-5-1-3-12(9-14)4-2-7-22-16(24)15-11-26-17(23-15)13-6-8-25-10-13/h1,3,5-6,8-11H,7H2,(H,22,24). The number of thiazole rings is 1. The number of alkyl halides is 3. The Morgan fingerprint density at radius 2 is 2.08 bits per heavy atom. The van der Waals surface area contributed by atoms with E-state index in [0.29, 0.717) is 0 Å². The predicted octanol–water partition coefficient (Wildman–Crippen LogP) is 4.67. The summed E-state index contributed by atoms with van der Waals surface area (Å²) < 4.78 is 37.9. The summed E-state index contributed by atoms with van der Waals surface area (Å²) in [7, 11) is 0. The van der Waals surface area contributed by atoms with Crippen molar-refractivity contribution < 1.29 is 18.0 Å². The van der Waals surface area contributed by atoms with Gasteiger partial charge in [-0.05, 0) is 29.6 Å². The lowest BCUT2D eigenvalue weighted by atomic mass is 10.1. The smallest absolute Gasteiger partial charge is 0.340 e. The molecule has 0 aliphatic heterocycles. The van der Waals surface area contributed by atoms with E-state index in [0.717, 1.165) is 22.7 Å². The van der Waals surface area contributed by atoms with Gasteiger partial charge in [0.05, 0.1) is 12.1 Å². The highest BCUT2D eigenvalue weighted by atomic mass is 32.1. The molecule has 26 heavy (non-hydrogen) atoms. The second-order valence-corrected chi connectivity index (χ2v) is 6.75. The summed E-state index contributed by atoms with van der Waals surface area (Å²) in [6.45, 7) is 0.0143. The van der Waals surface area contributed by atoms with Crippen molar-refractivity contribution >= 4 is 28.6 Å². The molecule has 0 atom stereocenters. The molecule has 0 aliphatic rings. The van der Waals surface area contributed by atoms with E-state index >= 15 is 0 Å². The van der Waals surface area contributed by atoms with Crippen LogP contribution in [0.5, 0.6) is 0 Å². The third kappa shape index (κ3) is 4.50. The second-order valence-electron chi connectivity index (χ2n) is 5.11. The van der Waals surface area contributed by atoms with Gasteiger partial charge in [-0.15, -0.1) is 11.3 Å². The minimum atomic E-state index is -4.41. The van der Waals surface area contributed by atoms with Crippen molar-refractivity contribution in [2.75, 3.05) is 6.54 Å². The SMILES string of the molecule is O=C(NCC#Cc1cccc(C(F)(F)F)c1)c1csc(-c2ccsc2)n1. The van der Waals surface area contributed by atoms with Crippen LogP contribution in [0.1, 0.15) is 21.6 Å². The zero-order valence-corrected chi connectivity index (χ0v) is 14.8. The first kappa shape index (κ1) is 18.2. The van der Waals surface area contributed by atoms with Crippen LogP contribution in [0.2, 0.25) is 0 Å². The highest BCUT2D eigenvalue weighted by molar-refractivity contribution is 7.14. The van der Waals surface area contributed by atoms with Gasteiger partial charge in [0, 0.05) is 21.9 Å². The number of nitrogens with zero attached hydrogens (tertiary/aromatic N) is 1. The molecule has 3 aromatic rings. The van der Waals surface area contributed by atoms with Crippen molar-refractivity contribution in [3.63, 3.8) is 0 Å². The zero-order chi connectivity index (χ0) is 18.6. The van der Waals surface area contributed by atoms with E-state index in [1.165, 1.54) is 23.5 Å². The van der Waals surface area contributed by atoms with E-state index in [-0.39, 0.29) is 23.7 Å². The molecule has 8 heteroatoms. The molecule has 0 radical (unpaired) electrons. The number of benzene rings is 1. The molecule has 1 N–H and O–H groups in total. The third-order valence-corrected chi connectivity index (χ3v) is 4.84. The minimum absolute atomic E-state index is 0.0143. The van der Waals surface area contributed by atoms with Crippen LogP contribution in [0.4, 0.5) is 13.2 Å². The lowest BCUT2D eigenvalue weighted by Crippen LogP contribution is -2.23. The van der Waals surface area contributed by atoms with Crippen LogP contribution in [0.15, 0.2) is 46.5 Å². The fraction of sp³-hybridized carbons (Fsp3) is 0.111. The van der Waals surface area contributed by atoms with Gasteiger partial charge in [0.1, 0.15) is 10.7 Å². The number of carbonyl (C=O) groups excluding carboxylic acids is 1. The number of thiophene rings is 1. The van der Waals surface area contributed by atoms with E-state index in [9.17, 15) is 18.0 Å². The average Bonchev–Trinajstić information content (AvgIpc) is 3.29. The summed E-state index contributed by atoms with van der Waals surface area (Å²) in [6.07, 6.45) is -4.41. The summed E-state index contributed by atoms with van der Waals surface area (Å²) in [6, 6.07) is 6.67. The average molecular weight is 392 g/mol. The molecular formula is C18H11F3N2OS2. The van der Waals surface area contributed by atoms with Crippen molar-refractivity contribution in [2.24, 2.45) is 0 Å². The number of amides is 1. The Balaban J connectivity index is 1.59. The van der Waals surface area contributed by atoms with Gasteiger partial charge >= 0.3 is 6.18 Å². The quantitative estimate of drug-likeness (QED) is 0.658. The van der Waals surface area contributed by atoms with Gasteiger partial charge in [0.25, 0.3) is 5.91 Å². The van der Waals surface area contributed by atoms with E-state index in [2.05, 4.69) is 22.1 Å². The Bertz CT molecular complexity index is 966. The van der Waals surface area contributed by atoms with Crippen LogP contribution in [-0.2, 0) is 6.18 Å². The summed E-state index contributed by atoms with van der Waals surface area (Å²) >= 11 is 2.91. The summed E-state index contributed by atoms with van der Waals surface area (Å²) in [4.78, 5) is 16.3. The van der Waals surface area contributed by atoms with Gasteiger partial charge in [0.2, 0.25) is 0 Å².